The normalized spacial score (nSPS) is 18.5. The highest BCUT2D eigenvalue weighted by Gasteiger charge is 2.24. The van der Waals surface area contributed by atoms with Crippen LogP contribution in [0.5, 0.6) is 0 Å². The molecule has 1 fully saturated rings. The molecule has 1 unspecified atom stereocenters. The van der Waals surface area contributed by atoms with Gasteiger partial charge in [0.2, 0.25) is 5.91 Å². The summed E-state index contributed by atoms with van der Waals surface area (Å²) in [6.07, 6.45) is 6.21. The van der Waals surface area contributed by atoms with Gasteiger partial charge >= 0.3 is 0 Å². The quantitative estimate of drug-likeness (QED) is 0.777. The topological polar surface area (TPSA) is 32.3 Å². The lowest BCUT2D eigenvalue weighted by molar-refractivity contribution is -0.134. The van der Waals surface area contributed by atoms with E-state index >= 15 is 0 Å². The molecule has 0 aliphatic carbocycles. The van der Waals surface area contributed by atoms with Crippen molar-refractivity contribution in [2.45, 2.75) is 51.5 Å². The van der Waals surface area contributed by atoms with Gasteiger partial charge in [0.1, 0.15) is 0 Å². The number of halogens is 1. The van der Waals surface area contributed by atoms with E-state index in [1.807, 2.05) is 18.2 Å². The number of hydrogen-bond donors (Lipinski definition) is 1. The van der Waals surface area contributed by atoms with Crippen molar-refractivity contribution < 1.29 is 4.79 Å². The number of nitrogens with zero attached hydrogens (tertiary/aromatic N) is 1. The number of rotatable bonds is 7. The van der Waals surface area contributed by atoms with Crippen LogP contribution < -0.4 is 5.32 Å². The van der Waals surface area contributed by atoms with E-state index in [0.717, 1.165) is 43.9 Å². The van der Waals surface area contributed by atoms with Crippen molar-refractivity contribution in [3.8, 4) is 0 Å². The Morgan fingerprint density at radius 3 is 3.00 bits per heavy atom. The van der Waals surface area contributed by atoms with Crippen LogP contribution in [-0.2, 0) is 11.2 Å². The monoisotopic (exact) mass is 322 g/mol. The molecule has 1 aliphatic rings. The Kier molecular flexibility index (Phi) is 7.20. The molecular formula is C18H27ClN2O. The Labute approximate surface area is 139 Å². The standard InChI is InChI=1S/C18H27ClN2O/c1-2-17-8-3-4-13-21(17)18(22)10-12-20-11-9-15-6-5-7-16(19)14-15/h5-7,14,17,20H,2-4,8-13H2,1H3. The van der Waals surface area contributed by atoms with E-state index < -0.39 is 0 Å². The summed E-state index contributed by atoms with van der Waals surface area (Å²) in [5.74, 6) is 0.307. The molecule has 1 N–H and O–H groups in total. The van der Waals surface area contributed by atoms with Gasteiger partial charge in [-0.1, -0.05) is 30.7 Å². The van der Waals surface area contributed by atoms with Crippen LogP contribution in [0.2, 0.25) is 5.02 Å². The predicted molar refractivity (Wildman–Crippen MR) is 92.3 cm³/mol. The molecule has 0 aromatic heterocycles. The summed E-state index contributed by atoms with van der Waals surface area (Å²) in [5, 5.41) is 4.15. The van der Waals surface area contributed by atoms with E-state index in [1.54, 1.807) is 0 Å². The number of nitrogens with one attached hydrogen (secondary N) is 1. The molecular weight excluding hydrogens is 296 g/mol. The van der Waals surface area contributed by atoms with Gasteiger partial charge in [-0.15, -0.1) is 0 Å². The van der Waals surface area contributed by atoms with Gasteiger partial charge in [-0.05, 0) is 56.3 Å². The average Bonchev–Trinajstić information content (AvgIpc) is 2.54. The van der Waals surface area contributed by atoms with Crippen molar-refractivity contribution in [3.05, 3.63) is 34.9 Å². The highest BCUT2D eigenvalue weighted by molar-refractivity contribution is 6.30. The third-order valence-electron chi connectivity index (χ3n) is 4.41. The lowest BCUT2D eigenvalue weighted by Gasteiger charge is -2.35. The molecule has 1 atom stereocenters. The maximum absolute atomic E-state index is 12.3. The van der Waals surface area contributed by atoms with E-state index in [4.69, 9.17) is 11.6 Å². The maximum Gasteiger partial charge on any atom is 0.224 e. The summed E-state index contributed by atoms with van der Waals surface area (Å²) in [7, 11) is 0. The summed E-state index contributed by atoms with van der Waals surface area (Å²) in [5.41, 5.74) is 1.23. The summed E-state index contributed by atoms with van der Waals surface area (Å²) in [6.45, 7) is 4.76. The van der Waals surface area contributed by atoms with Gasteiger partial charge in [-0.3, -0.25) is 4.79 Å². The first-order chi connectivity index (χ1) is 10.7. The van der Waals surface area contributed by atoms with Crippen LogP contribution in [-0.4, -0.2) is 36.5 Å². The van der Waals surface area contributed by atoms with Gasteiger partial charge in [-0.25, -0.2) is 0 Å². The Balaban J connectivity index is 1.64. The Hall–Kier alpha value is -1.06. The fourth-order valence-corrected chi connectivity index (χ4v) is 3.36. The molecule has 4 heteroatoms. The van der Waals surface area contributed by atoms with Gasteiger partial charge in [0.25, 0.3) is 0 Å². The smallest absolute Gasteiger partial charge is 0.224 e. The third kappa shape index (κ3) is 5.29. The molecule has 0 bridgehead atoms. The first-order valence-corrected chi connectivity index (χ1v) is 8.83. The second-order valence-electron chi connectivity index (χ2n) is 6.02. The van der Waals surface area contributed by atoms with E-state index in [9.17, 15) is 4.79 Å². The zero-order chi connectivity index (χ0) is 15.8. The molecule has 0 spiro atoms. The number of likely N-dealkylation sites (tertiary alicyclic amines) is 1. The fourth-order valence-electron chi connectivity index (χ4n) is 3.14. The van der Waals surface area contributed by atoms with Crippen molar-refractivity contribution in [1.29, 1.82) is 0 Å². The summed E-state index contributed by atoms with van der Waals surface area (Å²) in [4.78, 5) is 14.4. The van der Waals surface area contributed by atoms with Crippen molar-refractivity contribution in [3.63, 3.8) is 0 Å². The number of carbonyl (C=O) groups is 1. The van der Waals surface area contributed by atoms with Gasteiger partial charge < -0.3 is 10.2 Å². The minimum atomic E-state index is 0.307. The molecule has 0 saturated carbocycles. The number of piperidine rings is 1. The maximum atomic E-state index is 12.3. The van der Waals surface area contributed by atoms with Crippen LogP contribution in [0.25, 0.3) is 0 Å². The molecule has 3 nitrogen and oxygen atoms in total. The second kappa shape index (κ2) is 9.16. The lowest BCUT2D eigenvalue weighted by atomic mass is 9.99. The molecule has 2 rings (SSSR count). The van der Waals surface area contributed by atoms with E-state index in [-0.39, 0.29) is 0 Å². The Morgan fingerprint density at radius 1 is 1.36 bits per heavy atom. The van der Waals surface area contributed by atoms with Crippen molar-refractivity contribution >= 4 is 17.5 Å². The second-order valence-corrected chi connectivity index (χ2v) is 6.46. The minimum Gasteiger partial charge on any atom is -0.340 e. The molecule has 1 amide bonds. The molecule has 22 heavy (non-hydrogen) atoms. The van der Waals surface area contributed by atoms with Crippen molar-refractivity contribution in [1.82, 2.24) is 10.2 Å². The van der Waals surface area contributed by atoms with Crippen molar-refractivity contribution in [2.24, 2.45) is 0 Å². The molecule has 1 heterocycles. The summed E-state index contributed by atoms with van der Waals surface area (Å²) < 4.78 is 0. The van der Waals surface area contributed by atoms with Crippen LogP contribution in [0, 0.1) is 0 Å². The van der Waals surface area contributed by atoms with Crippen LogP contribution in [0.3, 0.4) is 0 Å². The fraction of sp³-hybridized carbons (Fsp3) is 0.611. The average molecular weight is 323 g/mol. The number of amides is 1. The Morgan fingerprint density at radius 2 is 2.23 bits per heavy atom. The van der Waals surface area contributed by atoms with Gasteiger partial charge in [0.15, 0.2) is 0 Å². The van der Waals surface area contributed by atoms with Crippen LogP contribution >= 0.6 is 11.6 Å². The molecule has 0 radical (unpaired) electrons. The predicted octanol–water partition coefficient (Wildman–Crippen LogP) is 3.65. The highest BCUT2D eigenvalue weighted by Crippen LogP contribution is 2.20. The number of benzene rings is 1. The molecule has 1 aliphatic heterocycles. The lowest BCUT2D eigenvalue weighted by Crippen LogP contribution is -2.44. The first-order valence-electron chi connectivity index (χ1n) is 8.45. The van der Waals surface area contributed by atoms with Crippen LogP contribution in [0.1, 0.15) is 44.6 Å². The zero-order valence-electron chi connectivity index (χ0n) is 13.5. The van der Waals surface area contributed by atoms with Crippen LogP contribution in [0.4, 0.5) is 0 Å². The first kappa shape index (κ1) is 17.3. The minimum absolute atomic E-state index is 0.307. The Bertz CT molecular complexity index is 478. The molecule has 122 valence electrons. The highest BCUT2D eigenvalue weighted by atomic mass is 35.5. The van der Waals surface area contributed by atoms with Crippen molar-refractivity contribution in [2.75, 3.05) is 19.6 Å². The number of carbonyl (C=O) groups excluding carboxylic acids is 1. The third-order valence-corrected chi connectivity index (χ3v) is 4.65. The largest absolute Gasteiger partial charge is 0.340 e. The van der Waals surface area contributed by atoms with E-state index in [1.165, 1.54) is 18.4 Å². The molecule has 1 aromatic rings. The number of hydrogen-bond acceptors (Lipinski definition) is 2. The summed E-state index contributed by atoms with van der Waals surface area (Å²) >= 11 is 5.97. The SMILES string of the molecule is CCC1CCCCN1C(=O)CCNCCc1cccc(Cl)c1. The zero-order valence-corrected chi connectivity index (χ0v) is 14.2. The van der Waals surface area contributed by atoms with Gasteiger partial charge in [0.05, 0.1) is 0 Å². The molecule has 1 aromatic carbocycles. The van der Waals surface area contributed by atoms with E-state index in [0.29, 0.717) is 18.4 Å². The van der Waals surface area contributed by atoms with Gasteiger partial charge in [0, 0.05) is 30.6 Å². The summed E-state index contributed by atoms with van der Waals surface area (Å²) in [6, 6.07) is 8.40. The van der Waals surface area contributed by atoms with Crippen LogP contribution in [0.15, 0.2) is 24.3 Å². The van der Waals surface area contributed by atoms with E-state index in [2.05, 4.69) is 23.2 Å². The molecule has 1 saturated heterocycles. The van der Waals surface area contributed by atoms with Gasteiger partial charge in [-0.2, -0.15) is 0 Å².